The summed E-state index contributed by atoms with van der Waals surface area (Å²) in [6, 6.07) is 23.0. The smallest absolute Gasteiger partial charge is 0.227 e. The molecule has 174 valence electrons. The van der Waals surface area contributed by atoms with Crippen LogP contribution in [0.2, 0.25) is 5.02 Å². The second-order valence-corrected chi connectivity index (χ2v) is 9.11. The molecule has 34 heavy (non-hydrogen) atoms. The maximum atomic E-state index is 12.9. The van der Waals surface area contributed by atoms with Crippen molar-refractivity contribution in [2.75, 3.05) is 18.1 Å². The number of aryl methyl sites for hydroxylation is 1. The van der Waals surface area contributed by atoms with Crippen molar-refractivity contribution < 1.29 is 14.6 Å². The minimum atomic E-state index is -0.780. The number of hydrogen-bond donors (Lipinski definition) is 1. The molecular weight excluding hydrogens is 450 g/mol. The number of halogens is 1. The maximum Gasteiger partial charge on any atom is 0.227 e. The fraction of sp³-hybridized carbons (Fsp3) is 0.259. The first-order valence-corrected chi connectivity index (χ1v) is 11.7. The van der Waals surface area contributed by atoms with Crippen molar-refractivity contribution in [1.82, 2.24) is 9.55 Å². The van der Waals surface area contributed by atoms with Crippen LogP contribution in [0.1, 0.15) is 23.7 Å². The maximum absolute atomic E-state index is 12.9. The second-order valence-electron chi connectivity index (χ2n) is 8.71. The molecule has 0 saturated carbocycles. The molecule has 1 N–H and O–H groups in total. The summed E-state index contributed by atoms with van der Waals surface area (Å²) < 4.78 is 7.77. The van der Waals surface area contributed by atoms with Crippen LogP contribution in [0.3, 0.4) is 0 Å². The van der Waals surface area contributed by atoms with E-state index in [2.05, 4.69) is 0 Å². The number of amides is 1. The monoisotopic (exact) mass is 475 g/mol. The van der Waals surface area contributed by atoms with Gasteiger partial charge < -0.3 is 19.3 Å². The van der Waals surface area contributed by atoms with Gasteiger partial charge in [-0.25, -0.2) is 4.98 Å². The predicted molar refractivity (Wildman–Crippen MR) is 134 cm³/mol. The van der Waals surface area contributed by atoms with Gasteiger partial charge in [0, 0.05) is 24.6 Å². The zero-order valence-electron chi connectivity index (χ0n) is 18.9. The van der Waals surface area contributed by atoms with Gasteiger partial charge in [0.25, 0.3) is 0 Å². The molecule has 0 bridgehead atoms. The number of aliphatic hydroxyl groups excluding tert-OH is 1. The summed E-state index contributed by atoms with van der Waals surface area (Å²) in [6.07, 6.45) is -0.401. The van der Waals surface area contributed by atoms with Crippen molar-refractivity contribution in [1.29, 1.82) is 0 Å². The highest BCUT2D eigenvalue weighted by Gasteiger charge is 2.35. The Labute approximate surface area is 203 Å². The molecule has 0 radical (unpaired) electrons. The molecule has 0 aliphatic carbocycles. The van der Waals surface area contributed by atoms with Crippen LogP contribution in [0, 0.1) is 6.92 Å². The van der Waals surface area contributed by atoms with Gasteiger partial charge in [0.2, 0.25) is 5.91 Å². The largest absolute Gasteiger partial charge is 0.489 e. The molecule has 7 heteroatoms. The molecule has 2 heterocycles. The average Bonchev–Trinajstić information content (AvgIpc) is 3.40. The zero-order valence-corrected chi connectivity index (χ0v) is 19.7. The van der Waals surface area contributed by atoms with E-state index in [0.29, 0.717) is 30.3 Å². The molecule has 0 unspecified atom stereocenters. The summed E-state index contributed by atoms with van der Waals surface area (Å²) in [6.45, 7) is 2.98. The third-order valence-electron chi connectivity index (χ3n) is 6.18. The number of fused-ring (bicyclic) bond motifs is 1. The molecular formula is C27H26ClN3O3. The van der Waals surface area contributed by atoms with Crippen molar-refractivity contribution in [2.24, 2.45) is 0 Å². The molecule has 5 rings (SSSR count). The Kier molecular flexibility index (Phi) is 6.26. The van der Waals surface area contributed by atoms with Crippen molar-refractivity contribution >= 4 is 34.2 Å². The van der Waals surface area contributed by atoms with Gasteiger partial charge >= 0.3 is 0 Å². The average molecular weight is 476 g/mol. The van der Waals surface area contributed by atoms with Gasteiger partial charge in [-0.3, -0.25) is 4.79 Å². The number of carbonyl (C=O) groups is 1. The number of hydrogen-bond acceptors (Lipinski definition) is 4. The fourth-order valence-corrected chi connectivity index (χ4v) is 4.65. The van der Waals surface area contributed by atoms with Crippen molar-refractivity contribution in [3.05, 3.63) is 89.2 Å². The van der Waals surface area contributed by atoms with E-state index < -0.39 is 6.10 Å². The van der Waals surface area contributed by atoms with Crippen molar-refractivity contribution in [2.45, 2.75) is 31.9 Å². The highest BCUT2D eigenvalue weighted by molar-refractivity contribution is 6.32. The van der Waals surface area contributed by atoms with Gasteiger partial charge in [0.1, 0.15) is 24.3 Å². The lowest BCUT2D eigenvalue weighted by Gasteiger charge is -2.19. The Morgan fingerprint density at radius 3 is 2.62 bits per heavy atom. The zero-order chi connectivity index (χ0) is 23.7. The molecule has 1 amide bonds. The van der Waals surface area contributed by atoms with Crippen molar-refractivity contribution in [3.63, 3.8) is 0 Å². The number of benzene rings is 3. The van der Waals surface area contributed by atoms with E-state index in [0.717, 1.165) is 28.1 Å². The molecule has 1 fully saturated rings. The van der Waals surface area contributed by atoms with Crippen LogP contribution >= 0.6 is 11.6 Å². The first-order valence-electron chi connectivity index (χ1n) is 11.4. The number of anilines is 1. The van der Waals surface area contributed by atoms with Crippen LogP contribution in [0.5, 0.6) is 5.75 Å². The van der Waals surface area contributed by atoms with Crippen LogP contribution in [0.25, 0.3) is 11.0 Å². The van der Waals surface area contributed by atoms with Crippen LogP contribution in [-0.4, -0.2) is 39.8 Å². The third-order valence-corrected chi connectivity index (χ3v) is 6.49. The van der Waals surface area contributed by atoms with E-state index in [9.17, 15) is 9.90 Å². The summed E-state index contributed by atoms with van der Waals surface area (Å²) in [5.41, 5.74) is 3.82. The second kappa shape index (κ2) is 9.49. The first-order chi connectivity index (χ1) is 16.5. The molecule has 4 aromatic rings. The molecule has 2 atom stereocenters. The Morgan fingerprint density at radius 1 is 1.09 bits per heavy atom. The molecule has 1 aliphatic heterocycles. The topological polar surface area (TPSA) is 67.6 Å². The van der Waals surface area contributed by atoms with Crippen LogP contribution < -0.4 is 9.64 Å². The third kappa shape index (κ3) is 4.52. The van der Waals surface area contributed by atoms with Gasteiger partial charge in [0.15, 0.2) is 0 Å². The van der Waals surface area contributed by atoms with Gasteiger partial charge in [-0.05, 0) is 43.3 Å². The summed E-state index contributed by atoms with van der Waals surface area (Å²) >= 11 is 6.17. The summed E-state index contributed by atoms with van der Waals surface area (Å²) in [7, 11) is 0. The Hall–Kier alpha value is -3.35. The van der Waals surface area contributed by atoms with E-state index in [1.54, 1.807) is 12.1 Å². The van der Waals surface area contributed by atoms with E-state index in [1.165, 1.54) is 0 Å². The Balaban J connectivity index is 1.38. The number of para-hydroxylation sites is 3. The minimum absolute atomic E-state index is 0.0714. The number of imidazole rings is 1. The number of nitrogens with zero attached hydrogens (tertiary/aromatic N) is 3. The molecule has 1 aliphatic rings. The number of aromatic nitrogens is 2. The van der Waals surface area contributed by atoms with Gasteiger partial charge in [-0.1, -0.05) is 53.6 Å². The lowest BCUT2D eigenvalue weighted by atomic mass is 10.1. The van der Waals surface area contributed by atoms with Crippen LogP contribution in [0.15, 0.2) is 72.8 Å². The Morgan fingerprint density at radius 2 is 1.82 bits per heavy atom. The van der Waals surface area contributed by atoms with E-state index in [-0.39, 0.29) is 18.4 Å². The Bertz CT molecular complexity index is 1320. The lowest BCUT2D eigenvalue weighted by Crippen LogP contribution is -2.26. The fourth-order valence-electron chi connectivity index (χ4n) is 4.46. The SMILES string of the molecule is Cc1ccc(N2C[C@H](c3nc4ccccc4n3C[C@@H](O)COc3ccccc3Cl)CC2=O)cc1. The number of aliphatic hydroxyl groups is 1. The van der Waals surface area contributed by atoms with E-state index in [1.807, 2.05) is 77.1 Å². The van der Waals surface area contributed by atoms with E-state index in [4.69, 9.17) is 21.3 Å². The predicted octanol–water partition coefficient (Wildman–Crippen LogP) is 4.96. The minimum Gasteiger partial charge on any atom is -0.489 e. The molecule has 1 aromatic heterocycles. The summed E-state index contributed by atoms with van der Waals surface area (Å²) in [5, 5.41) is 11.3. The van der Waals surface area contributed by atoms with Gasteiger partial charge in [-0.15, -0.1) is 0 Å². The highest BCUT2D eigenvalue weighted by Crippen LogP contribution is 2.33. The number of carbonyl (C=O) groups excluding carboxylic acids is 1. The normalized spacial score (nSPS) is 16.9. The first kappa shape index (κ1) is 22.4. The molecule has 1 saturated heterocycles. The molecule has 6 nitrogen and oxygen atoms in total. The van der Waals surface area contributed by atoms with Crippen LogP contribution in [0.4, 0.5) is 5.69 Å². The van der Waals surface area contributed by atoms with Crippen LogP contribution in [-0.2, 0) is 11.3 Å². The summed E-state index contributed by atoms with van der Waals surface area (Å²) in [4.78, 5) is 19.6. The highest BCUT2D eigenvalue weighted by atomic mass is 35.5. The number of ether oxygens (including phenoxy) is 1. The van der Waals surface area contributed by atoms with Crippen molar-refractivity contribution in [3.8, 4) is 5.75 Å². The lowest BCUT2D eigenvalue weighted by molar-refractivity contribution is -0.117. The van der Waals surface area contributed by atoms with Gasteiger partial charge in [-0.2, -0.15) is 0 Å². The standard InChI is InChI=1S/C27H26ClN3O3/c1-18-10-12-20(13-11-18)30-15-19(14-26(30)33)27-29-23-7-3-4-8-24(23)31(27)16-21(32)17-34-25-9-5-2-6-22(25)28/h2-13,19,21,32H,14-17H2,1H3/t19-,21-/m1/s1. The van der Waals surface area contributed by atoms with Gasteiger partial charge in [0.05, 0.1) is 22.6 Å². The summed E-state index contributed by atoms with van der Waals surface area (Å²) in [5.74, 6) is 1.35. The molecule has 3 aromatic carbocycles. The number of rotatable bonds is 7. The molecule has 0 spiro atoms. The van der Waals surface area contributed by atoms with E-state index >= 15 is 0 Å². The quantitative estimate of drug-likeness (QED) is 0.410.